The zero-order valence-electron chi connectivity index (χ0n) is 7.20. The molecule has 78 valence electrons. The van der Waals surface area contributed by atoms with Gasteiger partial charge in [-0.15, -0.1) is 0 Å². The molecule has 7 heteroatoms. The Morgan fingerprint density at radius 2 is 2.07 bits per heavy atom. The molecule has 0 aromatic heterocycles. The van der Waals surface area contributed by atoms with Crippen molar-refractivity contribution in [3.05, 3.63) is 29.6 Å². The Morgan fingerprint density at radius 1 is 1.43 bits per heavy atom. The van der Waals surface area contributed by atoms with Gasteiger partial charge in [0.15, 0.2) is 0 Å². The largest absolute Gasteiger partial charge is 0.326 e. The summed E-state index contributed by atoms with van der Waals surface area (Å²) in [4.78, 5) is 0. The van der Waals surface area contributed by atoms with Crippen molar-refractivity contribution < 1.29 is 12.8 Å². The normalized spacial score (nSPS) is 11.4. The number of anilines is 1. The first kappa shape index (κ1) is 10.9. The Morgan fingerprint density at radius 3 is 2.57 bits per heavy atom. The van der Waals surface area contributed by atoms with Gasteiger partial charge in [-0.2, -0.15) is 8.42 Å². The molecule has 0 bridgehead atoms. The summed E-state index contributed by atoms with van der Waals surface area (Å²) in [5.74, 6) is -0.479. The second kappa shape index (κ2) is 3.91. The maximum atomic E-state index is 12.9. The van der Waals surface area contributed by atoms with Crippen molar-refractivity contribution in [2.45, 2.75) is 6.54 Å². The monoisotopic (exact) mass is 219 g/mol. The van der Waals surface area contributed by atoms with Gasteiger partial charge in [0.1, 0.15) is 5.82 Å². The lowest BCUT2D eigenvalue weighted by Crippen LogP contribution is -2.21. The molecule has 1 aromatic rings. The van der Waals surface area contributed by atoms with Gasteiger partial charge < -0.3 is 5.73 Å². The first-order valence-electron chi connectivity index (χ1n) is 3.71. The number of hydrogen-bond acceptors (Lipinski definition) is 3. The van der Waals surface area contributed by atoms with Crippen molar-refractivity contribution >= 4 is 15.9 Å². The molecule has 5 nitrogen and oxygen atoms in total. The topological polar surface area (TPSA) is 98.2 Å². The maximum Gasteiger partial charge on any atom is 0.296 e. The van der Waals surface area contributed by atoms with Crippen LogP contribution in [-0.4, -0.2) is 8.42 Å². The van der Waals surface area contributed by atoms with Gasteiger partial charge in [-0.05, 0) is 18.2 Å². The van der Waals surface area contributed by atoms with Gasteiger partial charge >= 0.3 is 0 Å². The predicted octanol–water partition coefficient (Wildman–Crippen LogP) is -0.100. The minimum Gasteiger partial charge on any atom is -0.326 e. The molecule has 5 N–H and O–H groups in total. The molecule has 0 aliphatic carbocycles. The molecule has 0 radical (unpaired) electrons. The van der Waals surface area contributed by atoms with Crippen LogP contribution in [0.4, 0.5) is 10.1 Å². The van der Waals surface area contributed by atoms with Crippen molar-refractivity contribution in [2.75, 3.05) is 4.72 Å². The van der Waals surface area contributed by atoms with E-state index in [1.165, 1.54) is 12.1 Å². The molecule has 1 aromatic carbocycles. The van der Waals surface area contributed by atoms with Crippen LogP contribution >= 0.6 is 0 Å². The first-order chi connectivity index (χ1) is 6.42. The first-order valence-corrected chi connectivity index (χ1v) is 5.26. The van der Waals surface area contributed by atoms with Gasteiger partial charge in [-0.1, -0.05) is 0 Å². The van der Waals surface area contributed by atoms with Crippen molar-refractivity contribution in [1.82, 2.24) is 0 Å². The fourth-order valence-corrected chi connectivity index (χ4v) is 1.41. The van der Waals surface area contributed by atoms with Crippen molar-refractivity contribution in [1.29, 1.82) is 0 Å². The van der Waals surface area contributed by atoms with E-state index in [1.807, 2.05) is 4.72 Å². The van der Waals surface area contributed by atoms with Crippen LogP contribution in [0.1, 0.15) is 5.56 Å². The van der Waals surface area contributed by atoms with Crippen LogP contribution in [0, 0.1) is 5.82 Å². The number of nitrogens with one attached hydrogen (secondary N) is 1. The van der Waals surface area contributed by atoms with Gasteiger partial charge in [0.25, 0.3) is 10.2 Å². The summed E-state index contributed by atoms with van der Waals surface area (Å²) in [5, 5.41) is 4.73. The number of nitrogens with two attached hydrogens (primary N) is 2. The van der Waals surface area contributed by atoms with Crippen LogP contribution in [0.2, 0.25) is 0 Å². The van der Waals surface area contributed by atoms with E-state index in [0.717, 1.165) is 6.07 Å². The second-order valence-corrected chi connectivity index (χ2v) is 3.95. The molecule has 0 spiro atoms. The molecule has 0 saturated carbocycles. The van der Waals surface area contributed by atoms with Crippen LogP contribution < -0.4 is 15.6 Å². The predicted molar refractivity (Wildman–Crippen MR) is 51.0 cm³/mol. The Kier molecular flexibility index (Phi) is 3.04. The average molecular weight is 219 g/mol. The molecule has 1 rings (SSSR count). The number of halogens is 1. The fraction of sp³-hybridized carbons (Fsp3) is 0.143. The van der Waals surface area contributed by atoms with Gasteiger partial charge in [0.05, 0.1) is 5.69 Å². The molecule has 0 aliphatic heterocycles. The van der Waals surface area contributed by atoms with E-state index < -0.39 is 16.0 Å². The Labute approximate surface area is 81.1 Å². The van der Waals surface area contributed by atoms with E-state index in [2.05, 4.69) is 0 Å². The summed E-state index contributed by atoms with van der Waals surface area (Å²) < 4.78 is 36.2. The van der Waals surface area contributed by atoms with Crippen LogP contribution in [-0.2, 0) is 16.8 Å². The molecule has 0 fully saturated rings. The van der Waals surface area contributed by atoms with E-state index in [-0.39, 0.29) is 17.8 Å². The molecule has 14 heavy (non-hydrogen) atoms. The lowest BCUT2D eigenvalue weighted by atomic mass is 10.2. The number of rotatable bonds is 3. The van der Waals surface area contributed by atoms with Crippen molar-refractivity contribution in [3.63, 3.8) is 0 Å². The second-order valence-electron chi connectivity index (χ2n) is 2.66. The summed E-state index contributed by atoms with van der Waals surface area (Å²) in [7, 11) is -3.83. The van der Waals surface area contributed by atoms with E-state index in [4.69, 9.17) is 10.9 Å². The molecule has 0 aliphatic rings. The van der Waals surface area contributed by atoms with Gasteiger partial charge in [0, 0.05) is 12.1 Å². The summed E-state index contributed by atoms with van der Waals surface area (Å²) in [6.45, 7) is -0.00796. The average Bonchev–Trinajstić information content (AvgIpc) is 2.06. The molecule has 0 heterocycles. The van der Waals surface area contributed by atoms with Crippen LogP contribution in [0.25, 0.3) is 0 Å². The highest BCUT2D eigenvalue weighted by Gasteiger charge is 2.05. The number of hydrogen-bond donors (Lipinski definition) is 3. The van der Waals surface area contributed by atoms with E-state index in [0.29, 0.717) is 0 Å². The fourth-order valence-electron chi connectivity index (χ4n) is 0.959. The zero-order chi connectivity index (χ0) is 10.8. The summed E-state index contributed by atoms with van der Waals surface area (Å²) in [5.41, 5.74) is 5.65. The third kappa shape index (κ3) is 2.95. The summed E-state index contributed by atoms with van der Waals surface area (Å²) in [6, 6.07) is 3.67. The Hall–Kier alpha value is -1.18. The minimum absolute atomic E-state index is 0.00796. The van der Waals surface area contributed by atoms with E-state index >= 15 is 0 Å². The molecule has 0 saturated heterocycles. The maximum absolute atomic E-state index is 12.9. The molecular weight excluding hydrogens is 209 g/mol. The SMILES string of the molecule is NCc1cc(NS(N)(=O)=O)ccc1F. The Balaban J connectivity index is 3.01. The molecule has 0 amide bonds. The summed E-state index contributed by atoms with van der Waals surface area (Å²) in [6.07, 6.45) is 0. The lowest BCUT2D eigenvalue weighted by Gasteiger charge is -2.05. The van der Waals surface area contributed by atoms with Crippen molar-refractivity contribution in [2.24, 2.45) is 10.9 Å². The molecule has 0 unspecified atom stereocenters. The smallest absolute Gasteiger partial charge is 0.296 e. The highest BCUT2D eigenvalue weighted by atomic mass is 32.2. The number of benzene rings is 1. The van der Waals surface area contributed by atoms with E-state index in [1.54, 1.807) is 0 Å². The van der Waals surface area contributed by atoms with Gasteiger partial charge in [-0.25, -0.2) is 9.53 Å². The highest BCUT2D eigenvalue weighted by molar-refractivity contribution is 7.90. The molecular formula is C7H10FN3O2S. The highest BCUT2D eigenvalue weighted by Crippen LogP contribution is 2.14. The third-order valence-electron chi connectivity index (χ3n) is 1.53. The molecule has 0 atom stereocenters. The van der Waals surface area contributed by atoms with E-state index in [9.17, 15) is 12.8 Å². The third-order valence-corrected chi connectivity index (χ3v) is 2.05. The van der Waals surface area contributed by atoms with Crippen LogP contribution in [0.3, 0.4) is 0 Å². The van der Waals surface area contributed by atoms with Crippen LogP contribution in [0.15, 0.2) is 18.2 Å². The van der Waals surface area contributed by atoms with Crippen molar-refractivity contribution in [3.8, 4) is 0 Å². The lowest BCUT2D eigenvalue weighted by molar-refractivity contribution is 0.602. The summed E-state index contributed by atoms with van der Waals surface area (Å²) >= 11 is 0. The van der Waals surface area contributed by atoms with Gasteiger partial charge in [-0.3, -0.25) is 4.72 Å². The Bertz CT molecular complexity index is 433. The zero-order valence-corrected chi connectivity index (χ0v) is 8.01. The van der Waals surface area contributed by atoms with Gasteiger partial charge in [0.2, 0.25) is 0 Å². The standard InChI is InChI=1S/C7H10FN3O2S/c8-7-2-1-6(3-5(7)4-9)11-14(10,12)13/h1-3,11H,4,9H2,(H2,10,12,13). The quantitative estimate of drug-likeness (QED) is 0.662. The minimum atomic E-state index is -3.83. The van der Waals surface area contributed by atoms with Crippen LogP contribution in [0.5, 0.6) is 0 Å².